The second-order valence-corrected chi connectivity index (χ2v) is 5.75. The van der Waals surface area contributed by atoms with Crippen LogP contribution in [0, 0.1) is 13.8 Å². The van der Waals surface area contributed by atoms with Crippen LogP contribution in [0.2, 0.25) is 0 Å². The molecule has 0 unspecified atom stereocenters. The maximum atomic E-state index is 12.2. The van der Waals surface area contributed by atoms with Crippen LogP contribution in [0.4, 0.5) is 5.69 Å². The second-order valence-electron chi connectivity index (χ2n) is 5.75. The number of carbonyl (C=O) groups is 1. The van der Waals surface area contributed by atoms with Gasteiger partial charge in [0.05, 0.1) is 30.8 Å². The molecule has 6 heteroatoms. The topological polar surface area (TPSA) is 65.4 Å². The highest BCUT2D eigenvalue weighted by molar-refractivity contribution is 6.02. The molecule has 1 N–H and O–H groups in total. The summed E-state index contributed by atoms with van der Waals surface area (Å²) in [6.07, 6.45) is 4.16. The summed E-state index contributed by atoms with van der Waals surface area (Å²) in [4.78, 5) is 12.2. The van der Waals surface area contributed by atoms with E-state index >= 15 is 0 Å². The Bertz CT molecular complexity index is 778. The van der Waals surface area contributed by atoms with Crippen molar-refractivity contribution in [3.05, 3.63) is 41.2 Å². The van der Waals surface area contributed by atoms with Gasteiger partial charge < -0.3 is 14.8 Å². The minimum atomic E-state index is -0.204. The van der Waals surface area contributed by atoms with Crippen LogP contribution in [0.1, 0.15) is 30.3 Å². The standard InChI is InChI=1S/C19H25N3O3/c1-6-11-25-16-9-7-15(12-17(16)24-5)8-10-18(23)20-19-13(2)21-22(4)14(19)3/h7-10,12H,6,11H2,1-5H3,(H,20,23)/b10-8+. The zero-order valence-electron chi connectivity index (χ0n) is 15.4. The van der Waals surface area contributed by atoms with Gasteiger partial charge in [-0.05, 0) is 44.0 Å². The van der Waals surface area contributed by atoms with Gasteiger partial charge in [-0.2, -0.15) is 5.10 Å². The van der Waals surface area contributed by atoms with Crippen LogP contribution < -0.4 is 14.8 Å². The number of hydrogen-bond donors (Lipinski definition) is 1. The first-order valence-corrected chi connectivity index (χ1v) is 8.26. The molecule has 1 heterocycles. The molecular weight excluding hydrogens is 318 g/mol. The molecule has 1 aromatic heterocycles. The van der Waals surface area contributed by atoms with E-state index < -0.39 is 0 Å². The first-order valence-electron chi connectivity index (χ1n) is 8.26. The van der Waals surface area contributed by atoms with Gasteiger partial charge in [-0.1, -0.05) is 13.0 Å². The van der Waals surface area contributed by atoms with E-state index in [1.54, 1.807) is 17.9 Å². The normalized spacial score (nSPS) is 10.9. The smallest absolute Gasteiger partial charge is 0.248 e. The summed E-state index contributed by atoms with van der Waals surface area (Å²) in [5.74, 6) is 1.15. The predicted octanol–water partition coefficient (Wildman–Crippen LogP) is 3.49. The minimum Gasteiger partial charge on any atom is -0.493 e. The molecule has 1 aromatic carbocycles. The fraction of sp³-hybridized carbons (Fsp3) is 0.368. The summed E-state index contributed by atoms with van der Waals surface area (Å²) in [7, 11) is 3.45. The molecule has 0 atom stereocenters. The second kappa shape index (κ2) is 8.37. The van der Waals surface area contributed by atoms with E-state index in [1.165, 1.54) is 6.08 Å². The molecule has 0 radical (unpaired) electrons. The lowest BCUT2D eigenvalue weighted by molar-refractivity contribution is -0.111. The summed E-state index contributed by atoms with van der Waals surface area (Å²) in [6.45, 7) is 6.47. The van der Waals surface area contributed by atoms with Crippen molar-refractivity contribution in [2.75, 3.05) is 19.0 Å². The SMILES string of the molecule is CCCOc1ccc(/C=C/C(=O)Nc2c(C)nn(C)c2C)cc1OC. The van der Waals surface area contributed by atoms with Gasteiger partial charge in [0.1, 0.15) is 0 Å². The van der Waals surface area contributed by atoms with Crippen LogP contribution in [-0.2, 0) is 11.8 Å². The van der Waals surface area contributed by atoms with Crippen LogP contribution in [0.5, 0.6) is 11.5 Å². The highest BCUT2D eigenvalue weighted by Crippen LogP contribution is 2.28. The quantitative estimate of drug-likeness (QED) is 0.782. The molecule has 0 aliphatic carbocycles. The molecule has 0 aliphatic rings. The number of nitrogens with one attached hydrogen (secondary N) is 1. The molecule has 25 heavy (non-hydrogen) atoms. The van der Waals surface area contributed by atoms with Crippen molar-refractivity contribution in [3.8, 4) is 11.5 Å². The zero-order chi connectivity index (χ0) is 18.4. The maximum absolute atomic E-state index is 12.2. The molecule has 6 nitrogen and oxygen atoms in total. The minimum absolute atomic E-state index is 0.204. The molecular formula is C19H25N3O3. The Morgan fingerprint density at radius 2 is 2.08 bits per heavy atom. The molecule has 0 bridgehead atoms. The van der Waals surface area contributed by atoms with Crippen LogP contribution in [-0.4, -0.2) is 29.4 Å². The lowest BCUT2D eigenvalue weighted by Gasteiger charge is -2.10. The van der Waals surface area contributed by atoms with E-state index in [9.17, 15) is 4.79 Å². The predicted molar refractivity (Wildman–Crippen MR) is 99.1 cm³/mol. The average molecular weight is 343 g/mol. The number of aromatic nitrogens is 2. The summed E-state index contributed by atoms with van der Waals surface area (Å²) in [5.41, 5.74) is 3.31. The van der Waals surface area contributed by atoms with E-state index in [1.807, 2.05) is 46.0 Å². The number of methoxy groups -OCH3 is 1. The fourth-order valence-electron chi connectivity index (χ4n) is 2.41. The van der Waals surface area contributed by atoms with Gasteiger partial charge in [0.25, 0.3) is 0 Å². The van der Waals surface area contributed by atoms with Crippen molar-refractivity contribution >= 4 is 17.7 Å². The fourth-order valence-corrected chi connectivity index (χ4v) is 2.41. The van der Waals surface area contributed by atoms with Crippen LogP contribution in [0.15, 0.2) is 24.3 Å². The molecule has 0 fully saturated rings. The summed E-state index contributed by atoms with van der Waals surface area (Å²) >= 11 is 0. The summed E-state index contributed by atoms with van der Waals surface area (Å²) in [6, 6.07) is 5.58. The maximum Gasteiger partial charge on any atom is 0.248 e. The molecule has 134 valence electrons. The molecule has 2 rings (SSSR count). The summed E-state index contributed by atoms with van der Waals surface area (Å²) < 4.78 is 12.7. The van der Waals surface area contributed by atoms with E-state index in [2.05, 4.69) is 10.4 Å². The first-order chi connectivity index (χ1) is 12.0. The van der Waals surface area contributed by atoms with Gasteiger partial charge in [-0.25, -0.2) is 0 Å². The molecule has 2 aromatic rings. The number of benzene rings is 1. The monoisotopic (exact) mass is 343 g/mol. The van der Waals surface area contributed by atoms with Crippen LogP contribution in [0.3, 0.4) is 0 Å². The third-order valence-corrected chi connectivity index (χ3v) is 3.83. The Morgan fingerprint density at radius 3 is 2.68 bits per heavy atom. The highest BCUT2D eigenvalue weighted by Gasteiger charge is 2.11. The third-order valence-electron chi connectivity index (χ3n) is 3.83. The molecule has 0 saturated heterocycles. The Balaban J connectivity index is 2.09. The Hall–Kier alpha value is -2.76. The van der Waals surface area contributed by atoms with Crippen molar-refractivity contribution in [1.82, 2.24) is 9.78 Å². The molecule has 1 amide bonds. The van der Waals surface area contributed by atoms with Gasteiger partial charge in [-0.15, -0.1) is 0 Å². The summed E-state index contributed by atoms with van der Waals surface area (Å²) in [5, 5.41) is 7.16. The number of rotatable bonds is 7. The van der Waals surface area contributed by atoms with E-state index in [0.717, 1.165) is 29.1 Å². The Labute approximate surface area is 148 Å². The Morgan fingerprint density at radius 1 is 1.32 bits per heavy atom. The Kier molecular flexibility index (Phi) is 6.22. The molecule has 0 aliphatic heterocycles. The van der Waals surface area contributed by atoms with Gasteiger partial charge in [0, 0.05) is 13.1 Å². The average Bonchev–Trinajstić information content (AvgIpc) is 2.84. The number of aryl methyl sites for hydroxylation is 2. The number of anilines is 1. The van der Waals surface area contributed by atoms with Gasteiger partial charge in [-0.3, -0.25) is 9.48 Å². The van der Waals surface area contributed by atoms with Crippen molar-refractivity contribution in [2.24, 2.45) is 7.05 Å². The highest BCUT2D eigenvalue weighted by atomic mass is 16.5. The number of ether oxygens (including phenoxy) is 2. The lowest BCUT2D eigenvalue weighted by Crippen LogP contribution is -2.09. The third kappa shape index (κ3) is 4.62. The van der Waals surface area contributed by atoms with Crippen molar-refractivity contribution < 1.29 is 14.3 Å². The number of hydrogen-bond acceptors (Lipinski definition) is 4. The van der Waals surface area contributed by atoms with E-state index in [-0.39, 0.29) is 5.91 Å². The molecule has 0 spiro atoms. The van der Waals surface area contributed by atoms with Gasteiger partial charge in [0.15, 0.2) is 11.5 Å². The van der Waals surface area contributed by atoms with E-state index in [4.69, 9.17) is 9.47 Å². The lowest BCUT2D eigenvalue weighted by atomic mass is 10.2. The van der Waals surface area contributed by atoms with Gasteiger partial charge >= 0.3 is 0 Å². The zero-order valence-corrected chi connectivity index (χ0v) is 15.4. The largest absolute Gasteiger partial charge is 0.493 e. The number of carbonyl (C=O) groups excluding carboxylic acids is 1. The van der Waals surface area contributed by atoms with Crippen molar-refractivity contribution in [2.45, 2.75) is 27.2 Å². The van der Waals surface area contributed by atoms with Gasteiger partial charge in [0.2, 0.25) is 5.91 Å². The van der Waals surface area contributed by atoms with Crippen molar-refractivity contribution in [1.29, 1.82) is 0 Å². The van der Waals surface area contributed by atoms with E-state index in [0.29, 0.717) is 18.1 Å². The van der Waals surface area contributed by atoms with Crippen molar-refractivity contribution in [3.63, 3.8) is 0 Å². The number of nitrogens with zero attached hydrogens (tertiary/aromatic N) is 2. The van der Waals surface area contributed by atoms with Crippen LogP contribution >= 0.6 is 0 Å². The number of amides is 1. The molecule has 0 saturated carbocycles. The first kappa shape index (κ1) is 18.6. The van der Waals surface area contributed by atoms with Crippen LogP contribution in [0.25, 0.3) is 6.08 Å².